The lowest BCUT2D eigenvalue weighted by atomic mass is 9.82. The molecule has 0 bridgehead atoms. The van der Waals surface area contributed by atoms with E-state index in [0.29, 0.717) is 42.8 Å². The Bertz CT molecular complexity index is 1390. The fourth-order valence-electron chi connectivity index (χ4n) is 4.56. The molecule has 10 nitrogen and oxygen atoms in total. The van der Waals surface area contributed by atoms with E-state index < -0.39 is 11.7 Å². The number of piperidine rings is 1. The average molecular weight is 492 g/mol. The molecule has 35 heavy (non-hydrogen) atoms. The average Bonchev–Trinajstić information content (AvgIpc) is 3.45. The molecule has 0 aliphatic carbocycles. The summed E-state index contributed by atoms with van der Waals surface area (Å²) in [6.45, 7) is 0.727. The van der Waals surface area contributed by atoms with Crippen molar-refractivity contribution in [1.82, 2.24) is 14.7 Å². The molecule has 11 heteroatoms. The third kappa shape index (κ3) is 4.24. The number of carbonyl (C=O) groups excluding carboxylic acids is 2. The zero-order chi connectivity index (χ0) is 24.7. The van der Waals surface area contributed by atoms with Gasteiger partial charge in [0, 0.05) is 49.6 Å². The van der Waals surface area contributed by atoms with Crippen molar-refractivity contribution in [3.8, 4) is 22.3 Å². The number of thiophene rings is 1. The second-order valence-corrected chi connectivity index (χ2v) is 9.74. The van der Waals surface area contributed by atoms with Gasteiger partial charge in [-0.05, 0) is 24.3 Å². The van der Waals surface area contributed by atoms with Crippen molar-refractivity contribution in [2.75, 3.05) is 18.4 Å². The molecule has 178 valence electrons. The van der Waals surface area contributed by atoms with Crippen molar-refractivity contribution < 1.29 is 24.2 Å². The molecule has 2 aliphatic heterocycles. The van der Waals surface area contributed by atoms with Crippen LogP contribution in [0.5, 0.6) is 5.75 Å². The molecule has 0 saturated carbocycles. The number of likely N-dealkylation sites (tertiary alicyclic amines) is 1. The molecule has 2 amide bonds. The highest BCUT2D eigenvalue weighted by Crippen LogP contribution is 2.41. The summed E-state index contributed by atoms with van der Waals surface area (Å²) in [4.78, 5) is 39.9. The normalized spacial score (nSPS) is 16.3. The van der Waals surface area contributed by atoms with Crippen LogP contribution in [0.4, 0.5) is 9.80 Å². The van der Waals surface area contributed by atoms with Crippen molar-refractivity contribution >= 4 is 34.1 Å². The number of fused-ring (bicyclic) bond motifs is 1. The maximum Gasteiger partial charge on any atom is 0.409 e. The molecule has 1 saturated heterocycles. The highest BCUT2D eigenvalue weighted by atomic mass is 32.1. The van der Waals surface area contributed by atoms with E-state index in [0.717, 1.165) is 10.4 Å². The third-order valence-electron chi connectivity index (χ3n) is 6.35. The van der Waals surface area contributed by atoms with Gasteiger partial charge in [-0.3, -0.25) is 19.6 Å². The zero-order valence-corrected chi connectivity index (χ0v) is 19.6. The predicted molar refractivity (Wildman–Crippen MR) is 127 cm³/mol. The monoisotopic (exact) mass is 491 g/mol. The minimum atomic E-state index is -1.25. The fourth-order valence-corrected chi connectivity index (χ4v) is 5.58. The van der Waals surface area contributed by atoms with E-state index >= 15 is 0 Å². The summed E-state index contributed by atoms with van der Waals surface area (Å²) >= 11 is 1.18. The first-order valence-corrected chi connectivity index (χ1v) is 11.8. The molecule has 5 rings (SSSR count). The molecule has 2 aromatic heterocycles. The van der Waals surface area contributed by atoms with Gasteiger partial charge in [0.15, 0.2) is 5.78 Å². The van der Waals surface area contributed by atoms with Crippen molar-refractivity contribution in [2.24, 2.45) is 7.05 Å². The summed E-state index contributed by atoms with van der Waals surface area (Å²) in [6, 6.07) is 8.54. The van der Waals surface area contributed by atoms with Crippen molar-refractivity contribution in [3.63, 3.8) is 0 Å². The van der Waals surface area contributed by atoms with E-state index in [2.05, 4.69) is 10.4 Å². The third-order valence-corrected chi connectivity index (χ3v) is 7.45. The highest BCUT2D eigenvalue weighted by molar-refractivity contribution is 7.20. The lowest BCUT2D eigenvalue weighted by Gasteiger charge is -2.44. The number of Topliss-reactive ketones (excluding diaryl/α,β-unsaturated/α-hetero) is 1. The lowest BCUT2D eigenvalue weighted by Crippen LogP contribution is -2.52. The quantitative estimate of drug-likeness (QED) is 0.569. The van der Waals surface area contributed by atoms with E-state index in [1.807, 2.05) is 6.07 Å². The Morgan fingerprint density at radius 1 is 1.29 bits per heavy atom. The summed E-state index contributed by atoms with van der Waals surface area (Å²) in [6.07, 6.45) is 3.32. The van der Waals surface area contributed by atoms with Gasteiger partial charge in [0.05, 0.1) is 35.4 Å². The Hall–Kier alpha value is -4.17. The molecule has 1 fully saturated rings. The number of carboxylic acid groups (broad SMARTS) is 1. The number of benzene rings is 1. The smallest absolute Gasteiger partial charge is 0.409 e. The second-order valence-electron chi connectivity index (χ2n) is 8.69. The maximum absolute atomic E-state index is 13.4. The second kappa shape index (κ2) is 8.56. The Kier molecular flexibility index (Phi) is 5.53. The van der Waals surface area contributed by atoms with E-state index in [1.54, 1.807) is 53.3 Å². The van der Waals surface area contributed by atoms with E-state index in [4.69, 9.17) is 10.00 Å². The number of nitrogens with one attached hydrogen (secondary N) is 1. The molecule has 2 N–H and O–H groups in total. The zero-order valence-electron chi connectivity index (χ0n) is 18.8. The van der Waals surface area contributed by atoms with E-state index in [-0.39, 0.29) is 28.7 Å². The van der Waals surface area contributed by atoms with E-state index in [9.17, 15) is 19.5 Å². The number of aryl methyl sites for hydroxylation is 1. The van der Waals surface area contributed by atoms with Crippen molar-refractivity contribution in [2.45, 2.75) is 24.9 Å². The fraction of sp³-hybridized carbons (Fsp3) is 0.292. The summed E-state index contributed by atoms with van der Waals surface area (Å²) in [5.74, 6) is 0.109. The molecule has 0 atom stereocenters. The molecule has 0 radical (unpaired) electrons. The summed E-state index contributed by atoms with van der Waals surface area (Å²) in [5.41, 5.74) is 1.19. The molecule has 3 aromatic rings. The number of amides is 2. The van der Waals surface area contributed by atoms with E-state index in [1.165, 1.54) is 11.3 Å². The van der Waals surface area contributed by atoms with Gasteiger partial charge in [-0.15, -0.1) is 11.3 Å². The number of aromatic nitrogens is 2. The van der Waals surface area contributed by atoms with Gasteiger partial charge in [0.2, 0.25) is 0 Å². The molecular weight excluding hydrogens is 470 g/mol. The van der Waals surface area contributed by atoms with Crippen LogP contribution in [-0.2, 0) is 7.05 Å². The van der Waals surface area contributed by atoms with Gasteiger partial charge in [-0.2, -0.15) is 10.4 Å². The van der Waals surface area contributed by atoms with Crippen LogP contribution in [0.15, 0.2) is 36.7 Å². The summed E-state index contributed by atoms with van der Waals surface area (Å²) in [7, 11) is 1.78. The van der Waals surface area contributed by atoms with Gasteiger partial charge in [-0.1, -0.05) is 0 Å². The van der Waals surface area contributed by atoms with Crippen LogP contribution in [0.25, 0.3) is 10.4 Å². The molecular formula is C24H21N5O5S. The topological polar surface area (TPSA) is 138 Å². The SMILES string of the molecule is Cn1cc(-c2cc(C(=O)N3CCC4(CC3)CC(=O)c3cc(C#N)ccc3O4)c(NC(=O)O)s2)cn1. The molecule has 1 spiro atoms. The van der Waals surface area contributed by atoms with Gasteiger partial charge < -0.3 is 14.7 Å². The Labute approximate surface area is 204 Å². The Morgan fingerprint density at radius 3 is 2.71 bits per heavy atom. The van der Waals surface area contributed by atoms with Crippen LogP contribution in [0.2, 0.25) is 0 Å². The lowest BCUT2D eigenvalue weighted by molar-refractivity contribution is -0.00567. The number of rotatable bonds is 3. The predicted octanol–water partition coefficient (Wildman–Crippen LogP) is 3.75. The number of ketones is 1. The highest BCUT2D eigenvalue weighted by Gasteiger charge is 2.44. The van der Waals surface area contributed by atoms with Crippen LogP contribution in [0, 0.1) is 11.3 Å². The van der Waals surface area contributed by atoms with Crippen LogP contribution < -0.4 is 10.1 Å². The number of hydrogen-bond acceptors (Lipinski definition) is 7. The number of anilines is 1. The van der Waals surface area contributed by atoms with Crippen molar-refractivity contribution in [1.29, 1.82) is 5.26 Å². The van der Waals surface area contributed by atoms with Crippen LogP contribution >= 0.6 is 11.3 Å². The van der Waals surface area contributed by atoms with Crippen molar-refractivity contribution in [3.05, 3.63) is 53.3 Å². The standard InChI is InChI=1S/C24H21N5O5S/c1-28-13-15(12-26-28)20-9-17(21(35-20)27-23(32)33)22(31)29-6-4-24(5-7-29)10-18(30)16-8-14(11-25)2-3-19(16)34-24/h2-3,8-9,12-13,27H,4-7,10H2,1H3,(H,32,33). The first-order valence-electron chi connectivity index (χ1n) is 11.0. The summed E-state index contributed by atoms with van der Waals surface area (Å²) < 4.78 is 7.87. The van der Waals surface area contributed by atoms with Crippen LogP contribution in [0.1, 0.15) is 45.5 Å². The first-order chi connectivity index (χ1) is 16.8. The molecule has 1 aromatic carbocycles. The van der Waals surface area contributed by atoms with Gasteiger partial charge in [-0.25, -0.2) is 4.79 Å². The maximum atomic E-state index is 13.4. The summed E-state index contributed by atoms with van der Waals surface area (Å²) in [5, 5.41) is 25.1. The number of nitrogens with zero attached hydrogens (tertiary/aromatic N) is 4. The largest absolute Gasteiger partial charge is 0.486 e. The minimum Gasteiger partial charge on any atom is -0.486 e. The number of hydrogen-bond donors (Lipinski definition) is 2. The number of carbonyl (C=O) groups is 3. The van der Waals surface area contributed by atoms with Gasteiger partial charge >= 0.3 is 6.09 Å². The number of ether oxygens (including phenoxy) is 1. The van der Waals surface area contributed by atoms with Gasteiger partial charge in [0.1, 0.15) is 16.4 Å². The molecule has 4 heterocycles. The van der Waals surface area contributed by atoms with Crippen LogP contribution in [-0.4, -0.2) is 56.3 Å². The molecule has 2 aliphatic rings. The number of nitriles is 1. The van der Waals surface area contributed by atoms with Crippen LogP contribution in [0.3, 0.4) is 0 Å². The molecule has 0 unspecified atom stereocenters. The van der Waals surface area contributed by atoms with Gasteiger partial charge in [0.25, 0.3) is 5.91 Å². The minimum absolute atomic E-state index is 0.0741. The Morgan fingerprint density at radius 2 is 2.06 bits per heavy atom. The Balaban J connectivity index is 1.35. The first kappa shape index (κ1) is 22.6.